The molecule has 1 aliphatic carbocycles. The minimum Gasteiger partial charge on any atom is -0.486 e. The van der Waals surface area contributed by atoms with E-state index in [0.717, 1.165) is 18.6 Å². The number of hydrogen-bond donors (Lipinski definition) is 0. The van der Waals surface area contributed by atoms with E-state index in [1.54, 1.807) is 28.9 Å². The number of benzene rings is 2. The summed E-state index contributed by atoms with van der Waals surface area (Å²) in [4.78, 5) is 25.4. The standard InChI is InChI=1S/C22H19ClN4O3S/c23-17-7-4-15(5-8-17)19(28)11-26-21(29)13-31-22-25-24-20(27(22)26)12-30-18-9-6-14-2-1-3-16(14)10-18/h4-10H,1-3,11-13H2. The number of amides is 1. The molecule has 0 unspecified atom stereocenters. The molecule has 31 heavy (non-hydrogen) atoms. The van der Waals surface area contributed by atoms with Gasteiger partial charge < -0.3 is 4.74 Å². The molecule has 0 radical (unpaired) electrons. The van der Waals surface area contributed by atoms with Crippen molar-refractivity contribution in [1.82, 2.24) is 14.9 Å². The summed E-state index contributed by atoms with van der Waals surface area (Å²) in [5.41, 5.74) is 3.18. The highest BCUT2D eigenvalue weighted by Crippen LogP contribution is 2.27. The summed E-state index contributed by atoms with van der Waals surface area (Å²) in [6.07, 6.45) is 3.36. The molecule has 3 aromatic rings. The molecule has 1 aromatic heterocycles. The van der Waals surface area contributed by atoms with Crippen molar-refractivity contribution in [3.8, 4) is 5.75 Å². The Morgan fingerprint density at radius 2 is 1.90 bits per heavy atom. The first-order chi connectivity index (χ1) is 15.1. The molecule has 5 rings (SSSR count). The minimum atomic E-state index is -0.193. The molecular formula is C22H19ClN4O3S. The van der Waals surface area contributed by atoms with Crippen molar-refractivity contribution in [3.05, 3.63) is 70.0 Å². The maximum Gasteiger partial charge on any atom is 0.252 e. The fourth-order valence-electron chi connectivity index (χ4n) is 3.84. The summed E-state index contributed by atoms with van der Waals surface area (Å²) in [7, 11) is 0. The number of nitrogens with zero attached hydrogens (tertiary/aromatic N) is 4. The Morgan fingerprint density at radius 1 is 1.10 bits per heavy atom. The summed E-state index contributed by atoms with van der Waals surface area (Å²) >= 11 is 7.21. The summed E-state index contributed by atoms with van der Waals surface area (Å²) in [5, 5.41) is 10.9. The zero-order chi connectivity index (χ0) is 21.4. The number of halogens is 1. The van der Waals surface area contributed by atoms with E-state index in [0.29, 0.717) is 21.6 Å². The number of aromatic nitrogens is 3. The average Bonchev–Trinajstić information content (AvgIpc) is 3.41. The van der Waals surface area contributed by atoms with Crippen molar-refractivity contribution in [1.29, 1.82) is 0 Å². The van der Waals surface area contributed by atoms with E-state index in [1.165, 1.54) is 34.3 Å². The Labute approximate surface area is 188 Å². The molecule has 1 aliphatic heterocycles. The first-order valence-electron chi connectivity index (χ1n) is 9.99. The smallest absolute Gasteiger partial charge is 0.252 e. The molecule has 9 heteroatoms. The van der Waals surface area contributed by atoms with Crippen LogP contribution in [0.3, 0.4) is 0 Å². The average molecular weight is 455 g/mol. The van der Waals surface area contributed by atoms with Crippen molar-refractivity contribution in [2.75, 3.05) is 17.3 Å². The molecule has 0 saturated heterocycles. The van der Waals surface area contributed by atoms with Gasteiger partial charge in [0, 0.05) is 10.6 Å². The van der Waals surface area contributed by atoms with Gasteiger partial charge in [0.2, 0.25) is 5.16 Å². The highest BCUT2D eigenvalue weighted by Gasteiger charge is 2.31. The number of aryl methyl sites for hydroxylation is 2. The summed E-state index contributed by atoms with van der Waals surface area (Å²) in [6.45, 7) is 0.0309. The van der Waals surface area contributed by atoms with Crippen molar-refractivity contribution in [2.45, 2.75) is 31.0 Å². The molecule has 1 amide bonds. The fourth-order valence-corrected chi connectivity index (χ4v) is 4.79. The van der Waals surface area contributed by atoms with Crippen LogP contribution in [0.15, 0.2) is 47.6 Å². The lowest BCUT2D eigenvalue weighted by atomic mass is 10.1. The predicted octanol–water partition coefficient (Wildman–Crippen LogP) is 3.45. The number of carbonyl (C=O) groups excluding carboxylic acids is 2. The molecule has 2 heterocycles. The van der Waals surface area contributed by atoms with E-state index in [9.17, 15) is 9.59 Å². The number of thioether (sulfide) groups is 1. The van der Waals surface area contributed by atoms with E-state index in [2.05, 4.69) is 22.3 Å². The highest BCUT2D eigenvalue weighted by atomic mass is 35.5. The SMILES string of the molecule is O=C(CN1C(=O)CSc2nnc(COc3ccc4c(c3)CCC4)n21)c1ccc(Cl)cc1. The maximum atomic E-state index is 12.8. The van der Waals surface area contributed by atoms with Gasteiger partial charge in [-0.1, -0.05) is 29.4 Å². The molecule has 0 fully saturated rings. The minimum absolute atomic E-state index is 0.113. The zero-order valence-electron chi connectivity index (χ0n) is 16.6. The van der Waals surface area contributed by atoms with Crippen LogP contribution < -0.4 is 9.75 Å². The monoisotopic (exact) mass is 454 g/mol. The molecule has 0 saturated carbocycles. The molecule has 158 valence electrons. The zero-order valence-corrected chi connectivity index (χ0v) is 18.2. The van der Waals surface area contributed by atoms with Crippen LogP contribution in [-0.4, -0.2) is 38.9 Å². The molecule has 0 spiro atoms. The van der Waals surface area contributed by atoms with Gasteiger partial charge >= 0.3 is 0 Å². The Hall–Kier alpha value is -2.84. The number of Topliss-reactive ketones (excluding diaryl/α,β-unsaturated/α-hetero) is 1. The van der Waals surface area contributed by atoms with Gasteiger partial charge in [0.15, 0.2) is 11.6 Å². The first kappa shape index (κ1) is 20.1. The van der Waals surface area contributed by atoms with Crippen molar-refractivity contribution in [3.63, 3.8) is 0 Å². The van der Waals surface area contributed by atoms with E-state index < -0.39 is 0 Å². The number of ketones is 1. The molecular weight excluding hydrogens is 436 g/mol. The fraction of sp³-hybridized carbons (Fsp3) is 0.273. The van der Waals surface area contributed by atoms with Crippen molar-refractivity contribution >= 4 is 35.1 Å². The van der Waals surface area contributed by atoms with Crippen molar-refractivity contribution in [2.24, 2.45) is 0 Å². The molecule has 2 aromatic carbocycles. The lowest BCUT2D eigenvalue weighted by Crippen LogP contribution is -2.48. The van der Waals surface area contributed by atoms with Gasteiger partial charge in [-0.05, 0) is 66.8 Å². The van der Waals surface area contributed by atoms with Gasteiger partial charge in [0.05, 0.1) is 5.75 Å². The second-order valence-electron chi connectivity index (χ2n) is 7.45. The maximum absolute atomic E-state index is 12.8. The van der Waals surface area contributed by atoms with Gasteiger partial charge in [-0.25, -0.2) is 9.69 Å². The number of fused-ring (bicyclic) bond motifs is 2. The molecule has 7 nitrogen and oxygen atoms in total. The van der Waals surface area contributed by atoms with Crippen LogP contribution in [0, 0.1) is 0 Å². The van der Waals surface area contributed by atoms with Gasteiger partial charge in [0.1, 0.15) is 18.9 Å². The third kappa shape index (κ3) is 4.05. The largest absolute Gasteiger partial charge is 0.486 e. The van der Waals surface area contributed by atoms with Crippen LogP contribution in [0.1, 0.15) is 33.7 Å². The van der Waals surface area contributed by atoms with Gasteiger partial charge in [-0.2, -0.15) is 0 Å². The topological polar surface area (TPSA) is 77.3 Å². The highest BCUT2D eigenvalue weighted by molar-refractivity contribution is 7.99. The molecule has 0 N–H and O–H groups in total. The van der Waals surface area contributed by atoms with Crippen LogP contribution in [-0.2, 0) is 24.2 Å². The summed E-state index contributed by atoms with van der Waals surface area (Å²) < 4.78 is 7.55. The Bertz CT molecular complexity index is 1160. The number of ether oxygens (including phenoxy) is 1. The summed E-state index contributed by atoms with van der Waals surface area (Å²) in [5.74, 6) is 1.06. The first-order valence-corrected chi connectivity index (χ1v) is 11.4. The second kappa shape index (κ2) is 8.36. The van der Waals surface area contributed by atoms with E-state index in [1.807, 2.05) is 6.07 Å². The Kier molecular flexibility index (Phi) is 5.41. The second-order valence-corrected chi connectivity index (χ2v) is 8.83. The Balaban J connectivity index is 1.35. The van der Waals surface area contributed by atoms with E-state index >= 15 is 0 Å². The van der Waals surface area contributed by atoms with E-state index in [-0.39, 0.29) is 30.6 Å². The number of rotatable bonds is 6. The van der Waals surface area contributed by atoms with Gasteiger partial charge in [0.25, 0.3) is 5.91 Å². The summed E-state index contributed by atoms with van der Waals surface area (Å²) in [6, 6.07) is 12.7. The predicted molar refractivity (Wildman–Crippen MR) is 117 cm³/mol. The van der Waals surface area contributed by atoms with Gasteiger partial charge in [-0.3, -0.25) is 9.59 Å². The number of hydrogen-bond acceptors (Lipinski definition) is 6. The normalized spacial score (nSPS) is 15.0. The lowest BCUT2D eigenvalue weighted by Gasteiger charge is -2.28. The van der Waals surface area contributed by atoms with Crippen LogP contribution in [0.2, 0.25) is 5.02 Å². The molecule has 0 atom stereocenters. The van der Waals surface area contributed by atoms with Crippen molar-refractivity contribution < 1.29 is 14.3 Å². The number of carbonyl (C=O) groups is 2. The Morgan fingerprint density at radius 3 is 2.74 bits per heavy atom. The third-order valence-corrected chi connectivity index (χ3v) is 6.58. The van der Waals surface area contributed by atoms with Crippen LogP contribution in [0.4, 0.5) is 0 Å². The van der Waals surface area contributed by atoms with Gasteiger partial charge in [-0.15, -0.1) is 10.2 Å². The van der Waals surface area contributed by atoms with Crippen LogP contribution in [0.25, 0.3) is 0 Å². The quantitative estimate of drug-likeness (QED) is 0.531. The lowest BCUT2D eigenvalue weighted by molar-refractivity contribution is -0.118. The van der Waals surface area contributed by atoms with Crippen LogP contribution >= 0.6 is 23.4 Å². The third-order valence-electron chi connectivity index (χ3n) is 5.43. The van der Waals surface area contributed by atoms with Crippen LogP contribution in [0.5, 0.6) is 5.75 Å². The van der Waals surface area contributed by atoms with E-state index in [4.69, 9.17) is 16.3 Å². The molecule has 0 bridgehead atoms. The molecule has 2 aliphatic rings.